The lowest BCUT2D eigenvalue weighted by atomic mass is 9.77. The average Bonchev–Trinajstić information content (AvgIpc) is 2.68. The van der Waals surface area contributed by atoms with Crippen LogP contribution >= 0.6 is 11.6 Å². The minimum Gasteiger partial charge on any atom is -0.390 e. The molecule has 1 saturated carbocycles. The van der Waals surface area contributed by atoms with Gasteiger partial charge in [-0.1, -0.05) is 0 Å². The Morgan fingerprint density at radius 2 is 2.03 bits per heavy atom. The molecule has 3 N–H and O–H groups in total. The molecule has 0 aliphatic heterocycles. The van der Waals surface area contributed by atoms with Gasteiger partial charge in [-0.3, -0.25) is 9.78 Å². The van der Waals surface area contributed by atoms with E-state index in [2.05, 4.69) is 15.6 Å². The number of carbonyl (C=O) groups is 1. The van der Waals surface area contributed by atoms with Crippen molar-refractivity contribution >= 4 is 34.1 Å². The summed E-state index contributed by atoms with van der Waals surface area (Å²) in [5.74, 6) is 0.193. The number of aliphatic hydroxyl groups is 1. The van der Waals surface area contributed by atoms with Crippen molar-refractivity contribution in [3.63, 3.8) is 0 Å². The van der Waals surface area contributed by atoms with Gasteiger partial charge in [0.05, 0.1) is 22.4 Å². The van der Waals surface area contributed by atoms with Crippen LogP contribution in [-0.4, -0.2) is 40.1 Å². The maximum Gasteiger partial charge on any atom is 0.253 e. The van der Waals surface area contributed by atoms with Crippen LogP contribution in [0.5, 0.6) is 0 Å². The number of amides is 1. The van der Waals surface area contributed by atoms with Crippen LogP contribution in [0, 0.1) is 11.7 Å². The number of hydrogen-bond acceptors (Lipinski definition) is 4. The number of anilines is 1. The zero-order valence-corrected chi connectivity index (χ0v) is 17.7. The van der Waals surface area contributed by atoms with Gasteiger partial charge in [-0.15, -0.1) is 11.6 Å². The number of nitrogens with one attached hydrogen (secondary N) is 2. The Balaban J connectivity index is 0.00000320. The summed E-state index contributed by atoms with van der Waals surface area (Å²) in [6.45, 7) is 4.27. The summed E-state index contributed by atoms with van der Waals surface area (Å²) in [5.41, 5.74) is 0.751. The van der Waals surface area contributed by atoms with Crippen molar-refractivity contribution < 1.29 is 15.7 Å². The molecule has 0 spiro atoms. The molecule has 1 aliphatic rings. The molecular weight excluding hydrogens is 393 g/mol. The van der Waals surface area contributed by atoms with Gasteiger partial charge in [0.25, 0.3) is 5.91 Å². The topological polar surface area (TPSA) is 74.2 Å². The molecule has 0 radical (unpaired) electrons. The molecule has 1 heterocycles. The fraction of sp³-hybridized carbons (Fsp3) is 0.545. The molecule has 5 nitrogen and oxygen atoms in total. The third kappa shape index (κ3) is 5.58. The number of halogens is 2. The van der Waals surface area contributed by atoms with Crippen molar-refractivity contribution in [1.29, 1.82) is 0 Å². The number of rotatable bonds is 7. The van der Waals surface area contributed by atoms with Gasteiger partial charge in [-0.25, -0.2) is 4.39 Å². The number of nitrogens with zero attached hydrogens (tertiary/aromatic N) is 1. The Hall–Kier alpha value is -1.92. The number of carbonyl (C=O) groups excluding carboxylic acids is 1. The van der Waals surface area contributed by atoms with Crippen LogP contribution in [0.3, 0.4) is 0 Å². The number of benzene rings is 1. The normalized spacial score (nSPS) is 19.9. The molecule has 0 bridgehead atoms. The summed E-state index contributed by atoms with van der Waals surface area (Å²) < 4.78 is 14.3. The molecule has 1 fully saturated rings. The molecule has 1 aliphatic carbocycles. The van der Waals surface area contributed by atoms with Crippen LogP contribution in [0.25, 0.3) is 10.9 Å². The predicted molar refractivity (Wildman–Crippen MR) is 117 cm³/mol. The van der Waals surface area contributed by atoms with Crippen molar-refractivity contribution in [1.82, 2.24) is 10.3 Å². The maximum atomic E-state index is 14.3. The van der Waals surface area contributed by atoms with Crippen molar-refractivity contribution in [2.45, 2.75) is 57.6 Å². The Morgan fingerprint density at radius 3 is 2.69 bits per heavy atom. The molecule has 3 rings (SSSR count). The van der Waals surface area contributed by atoms with Crippen molar-refractivity contribution in [3.8, 4) is 0 Å². The number of fused-ring (bicyclic) bond motifs is 1. The van der Waals surface area contributed by atoms with Gasteiger partial charge >= 0.3 is 0 Å². The quantitative estimate of drug-likeness (QED) is 0.445. The zero-order valence-electron chi connectivity index (χ0n) is 17.0. The number of aromatic nitrogens is 1. The van der Waals surface area contributed by atoms with Crippen LogP contribution in [0.1, 0.15) is 57.7 Å². The fourth-order valence-corrected chi connectivity index (χ4v) is 4.04. The van der Waals surface area contributed by atoms with E-state index in [4.69, 9.17) is 11.6 Å². The van der Waals surface area contributed by atoms with Crippen LogP contribution in [0.15, 0.2) is 24.4 Å². The summed E-state index contributed by atoms with van der Waals surface area (Å²) in [5, 5.41) is 16.8. The van der Waals surface area contributed by atoms with E-state index in [0.717, 1.165) is 32.1 Å². The highest BCUT2D eigenvalue weighted by Gasteiger charge is 2.31. The first-order chi connectivity index (χ1) is 13.8. The second kappa shape index (κ2) is 9.26. The molecule has 2 aromatic rings. The van der Waals surface area contributed by atoms with Gasteiger partial charge in [0.2, 0.25) is 0 Å². The van der Waals surface area contributed by atoms with Gasteiger partial charge in [-0.05, 0) is 70.1 Å². The van der Waals surface area contributed by atoms with Gasteiger partial charge in [0.1, 0.15) is 5.82 Å². The lowest BCUT2D eigenvalue weighted by Gasteiger charge is -2.36. The average molecular weight is 424 g/mol. The number of alkyl halides is 1. The third-order valence-electron chi connectivity index (χ3n) is 5.72. The molecular formula is C22H31ClFN3O2. The second-order valence-electron chi connectivity index (χ2n) is 8.39. The molecule has 160 valence electrons. The largest absolute Gasteiger partial charge is 0.390 e. The molecule has 29 heavy (non-hydrogen) atoms. The maximum absolute atomic E-state index is 14.3. The van der Waals surface area contributed by atoms with E-state index in [9.17, 15) is 14.3 Å². The molecule has 1 aromatic heterocycles. The summed E-state index contributed by atoms with van der Waals surface area (Å²) >= 11 is 5.65. The molecule has 0 saturated heterocycles. The number of hydrogen-bond donors (Lipinski definition) is 3. The fourth-order valence-electron chi connectivity index (χ4n) is 3.91. The van der Waals surface area contributed by atoms with Crippen LogP contribution in [-0.2, 0) is 0 Å². The van der Waals surface area contributed by atoms with Gasteiger partial charge in [0.15, 0.2) is 0 Å². The Bertz CT molecular complexity index is 867. The highest BCUT2D eigenvalue weighted by molar-refractivity contribution is 6.17. The van der Waals surface area contributed by atoms with E-state index in [-0.39, 0.29) is 25.1 Å². The van der Waals surface area contributed by atoms with Crippen molar-refractivity contribution in [2.75, 3.05) is 17.7 Å². The van der Waals surface area contributed by atoms with E-state index in [1.165, 1.54) is 12.3 Å². The highest BCUT2D eigenvalue weighted by Crippen LogP contribution is 2.32. The van der Waals surface area contributed by atoms with E-state index < -0.39 is 5.60 Å². The molecule has 0 atom stereocenters. The lowest BCUT2D eigenvalue weighted by Crippen LogP contribution is -2.41. The third-order valence-corrected chi connectivity index (χ3v) is 5.99. The molecule has 1 amide bonds. The van der Waals surface area contributed by atoms with Crippen molar-refractivity contribution in [3.05, 3.63) is 35.8 Å². The first-order valence-electron chi connectivity index (χ1n) is 10.2. The standard InChI is InChI=1S/C22H29ClFN3O2.H2/c1-22(2,29)16-4-6-17(7-5-16)27-21(28)15-10-14-11-18(24)20(25-9-3-8-23)12-19(14)26-13-15;/h10-13,16-17,25,29H,3-9H2,1-2H3,(H,27,28);1H. The van der Waals surface area contributed by atoms with E-state index >= 15 is 0 Å². The lowest BCUT2D eigenvalue weighted by molar-refractivity contribution is -0.00257. The van der Waals surface area contributed by atoms with Crippen LogP contribution in [0.4, 0.5) is 10.1 Å². The molecule has 7 heteroatoms. The Kier molecular flexibility index (Phi) is 6.96. The highest BCUT2D eigenvalue weighted by atomic mass is 35.5. The molecule has 1 aromatic carbocycles. The summed E-state index contributed by atoms with van der Waals surface area (Å²) in [6, 6.07) is 4.81. The summed E-state index contributed by atoms with van der Waals surface area (Å²) in [6.07, 6.45) is 5.72. The first kappa shape index (κ1) is 21.8. The van der Waals surface area contributed by atoms with Crippen LogP contribution in [0.2, 0.25) is 0 Å². The summed E-state index contributed by atoms with van der Waals surface area (Å²) in [7, 11) is 0. The molecule has 0 unspecified atom stereocenters. The van der Waals surface area contributed by atoms with E-state index in [1.807, 2.05) is 13.8 Å². The summed E-state index contributed by atoms with van der Waals surface area (Å²) in [4.78, 5) is 17.0. The predicted octanol–water partition coefficient (Wildman–Crippen LogP) is 4.72. The second-order valence-corrected chi connectivity index (χ2v) is 8.77. The van der Waals surface area contributed by atoms with Gasteiger partial charge in [0, 0.05) is 31.5 Å². The van der Waals surface area contributed by atoms with E-state index in [1.54, 1.807) is 12.1 Å². The van der Waals surface area contributed by atoms with E-state index in [0.29, 0.717) is 34.6 Å². The minimum atomic E-state index is -0.682. The van der Waals surface area contributed by atoms with Crippen molar-refractivity contribution in [2.24, 2.45) is 5.92 Å². The number of pyridine rings is 1. The van der Waals surface area contributed by atoms with Crippen LogP contribution < -0.4 is 10.6 Å². The Labute approximate surface area is 177 Å². The first-order valence-corrected chi connectivity index (χ1v) is 10.7. The zero-order chi connectivity index (χ0) is 21.0. The smallest absolute Gasteiger partial charge is 0.253 e. The minimum absolute atomic E-state index is 0. The SMILES string of the molecule is CC(C)(O)C1CCC(NC(=O)c2cnc3cc(NCCCCl)c(F)cc3c2)CC1.[HH]. The Morgan fingerprint density at radius 1 is 1.31 bits per heavy atom. The van der Waals surface area contributed by atoms with Gasteiger partial charge < -0.3 is 15.7 Å². The van der Waals surface area contributed by atoms with Gasteiger partial charge in [-0.2, -0.15) is 0 Å². The monoisotopic (exact) mass is 423 g/mol.